The first-order valence-electron chi connectivity index (χ1n) is 8.79. The molecule has 0 amide bonds. The Morgan fingerprint density at radius 2 is 2.04 bits per heavy atom. The molecule has 1 aromatic heterocycles. The second-order valence-corrected chi connectivity index (χ2v) is 7.71. The van der Waals surface area contributed by atoms with Gasteiger partial charge < -0.3 is 0 Å². The molecule has 3 aliphatic rings. The van der Waals surface area contributed by atoms with Gasteiger partial charge in [-0.25, -0.2) is 4.98 Å². The van der Waals surface area contributed by atoms with Gasteiger partial charge in [-0.3, -0.25) is 0 Å². The number of hydrogen-bond donors (Lipinski definition) is 0. The molecule has 0 spiro atoms. The normalized spacial score (nSPS) is 24.4. The molecule has 0 bridgehead atoms. The van der Waals surface area contributed by atoms with E-state index in [0.717, 1.165) is 28.7 Å². The summed E-state index contributed by atoms with van der Waals surface area (Å²) in [6.07, 6.45) is 25.2. The Labute approximate surface area is 163 Å². The zero-order chi connectivity index (χ0) is 17.1. The quantitative estimate of drug-likeness (QED) is 0.308. The number of aromatic nitrogens is 1. The van der Waals surface area contributed by atoms with Crippen LogP contribution in [0.3, 0.4) is 0 Å². The minimum atomic E-state index is 0.442. The molecule has 0 N–H and O–H groups in total. The Kier molecular flexibility index (Phi) is 5.00. The summed E-state index contributed by atoms with van der Waals surface area (Å²) >= 11 is 2.33. The van der Waals surface area contributed by atoms with Crippen molar-refractivity contribution < 1.29 is 0 Å². The predicted molar refractivity (Wildman–Crippen MR) is 113 cm³/mol. The van der Waals surface area contributed by atoms with Crippen molar-refractivity contribution in [3.63, 3.8) is 0 Å². The third-order valence-corrected chi connectivity index (χ3v) is 5.48. The van der Waals surface area contributed by atoms with E-state index in [1.54, 1.807) is 0 Å². The van der Waals surface area contributed by atoms with Crippen LogP contribution in [0.15, 0.2) is 84.2 Å². The van der Waals surface area contributed by atoms with Crippen LogP contribution in [-0.2, 0) is 0 Å². The van der Waals surface area contributed by atoms with Crippen molar-refractivity contribution in [3.8, 4) is 0 Å². The number of hydrogen-bond acceptors (Lipinski definition) is 1. The van der Waals surface area contributed by atoms with Crippen LogP contribution < -0.4 is 0 Å². The average molecular weight is 437 g/mol. The van der Waals surface area contributed by atoms with Gasteiger partial charge in [0.2, 0.25) is 0 Å². The zero-order valence-electron chi connectivity index (χ0n) is 14.0. The van der Waals surface area contributed by atoms with E-state index in [-0.39, 0.29) is 0 Å². The van der Waals surface area contributed by atoms with E-state index in [1.165, 1.54) is 16.7 Å². The molecule has 0 saturated heterocycles. The van der Waals surface area contributed by atoms with Gasteiger partial charge in [0.15, 0.2) is 0 Å². The summed E-state index contributed by atoms with van der Waals surface area (Å²) in [6.45, 7) is 0. The Morgan fingerprint density at radius 1 is 1.08 bits per heavy atom. The van der Waals surface area contributed by atoms with E-state index in [0.29, 0.717) is 11.8 Å². The highest BCUT2D eigenvalue weighted by atomic mass is 127. The van der Waals surface area contributed by atoms with E-state index < -0.39 is 0 Å². The Hall–Kier alpha value is -1.90. The summed E-state index contributed by atoms with van der Waals surface area (Å²) in [5.74, 6) is 0.985. The first-order valence-corrected chi connectivity index (χ1v) is 9.87. The van der Waals surface area contributed by atoms with E-state index in [4.69, 9.17) is 4.98 Å². The number of halogens is 1. The van der Waals surface area contributed by atoms with E-state index >= 15 is 0 Å². The monoisotopic (exact) mass is 437 g/mol. The van der Waals surface area contributed by atoms with Gasteiger partial charge in [-0.15, -0.1) is 5.73 Å². The lowest BCUT2D eigenvalue weighted by molar-refractivity contribution is 0.749. The minimum absolute atomic E-state index is 0.442. The summed E-state index contributed by atoms with van der Waals surface area (Å²) < 4.78 is 1.06. The van der Waals surface area contributed by atoms with Crippen molar-refractivity contribution in [2.75, 3.05) is 0 Å². The summed E-state index contributed by atoms with van der Waals surface area (Å²) in [5, 5.41) is 0. The van der Waals surface area contributed by atoms with E-state index in [9.17, 15) is 0 Å². The molecule has 0 unspecified atom stereocenters. The molecule has 1 aromatic rings. The van der Waals surface area contributed by atoms with Gasteiger partial charge in [-0.05, 0) is 82.5 Å². The second-order valence-electron chi connectivity index (χ2n) is 6.60. The van der Waals surface area contributed by atoms with Gasteiger partial charge in [-0.2, -0.15) is 0 Å². The highest BCUT2D eigenvalue weighted by Gasteiger charge is 2.17. The lowest BCUT2D eigenvalue weighted by atomic mass is 9.84. The van der Waals surface area contributed by atoms with Crippen molar-refractivity contribution >= 4 is 28.2 Å². The van der Waals surface area contributed by atoms with Crippen LogP contribution in [0.5, 0.6) is 0 Å². The van der Waals surface area contributed by atoms with Crippen LogP contribution in [-0.4, -0.2) is 4.98 Å². The maximum Gasteiger partial charge on any atom is 0.102 e. The maximum absolute atomic E-state index is 4.74. The van der Waals surface area contributed by atoms with Crippen molar-refractivity contribution in [2.24, 2.45) is 5.92 Å². The van der Waals surface area contributed by atoms with Crippen LogP contribution in [0, 0.1) is 9.62 Å². The van der Waals surface area contributed by atoms with Crippen molar-refractivity contribution in [1.82, 2.24) is 4.98 Å². The van der Waals surface area contributed by atoms with Crippen LogP contribution in [0.25, 0.3) is 5.57 Å². The highest BCUT2D eigenvalue weighted by Crippen LogP contribution is 2.33. The van der Waals surface area contributed by atoms with E-state index in [2.05, 4.69) is 95.1 Å². The van der Waals surface area contributed by atoms with Crippen molar-refractivity contribution in [2.45, 2.75) is 25.2 Å². The molecule has 3 aliphatic carbocycles. The van der Waals surface area contributed by atoms with Crippen molar-refractivity contribution in [1.29, 1.82) is 0 Å². The molecule has 0 aromatic carbocycles. The molecule has 0 fully saturated rings. The third-order valence-electron chi connectivity index (χ3n) is 4.93. The third kappa shape index (κ3) is 3.86. The largest absolute Gasteiger partial charge is 0.242 e. The van der Waals surface area contributed by atoms with Gasteiger partial charge in [0, 0.05) is 18.3 Å². The lowest BCUT2D eigenvalue weighted by Crippen LogP contribution is -2.07. The molecule has 1 heterocycles. The number of pyridine rings is 1. The number of nitrogens with zero attached hydrogens (tertiary/aromatic N) is 1. The lowest BCUT2D eigenvalue weighted by Gasteiger charge is -2.22. The molecule has 25 heavy (non-hydrogen) atoms. The summed E-state index contributed by atoms with van der Waals surface area (Å²) in [6, 6.07) is 4.48. The molecule has 0 aliphatic heterocycles. The Bertz CT molecular complexity index is 889. The first-order chi connectivity index (χ1) is 12.3. The second kappa shape index (κ2) is 7.55. The number of allylic oxidation sites excluding steroid dienone is 11. The molecular weight excluding hydrogens is 417 g/mol. The van der Waals surface area contributed by atoms with Gasteiger partial charge in [0.25, 0.3) is 0 Å². The molecule has 124 valence electrons. The summed E-state index contributed by atoms with van der Waals surface area (Å²) in [7, 11) is 0. The molecular formula is C23H20IN. The van der Waals surface area contributed by atoms with E-state index in [1.807, 2.05) is 6.08 Å². The minimum Gasteiger partial charge on any atom is -0.242 e. The van der Waals surface area contributed by atoms with Crippen LogP contribution in [0.1, 0.15) is 36.4 Å². The summed E-state index contributed by atoms with van der Waals surface area (Å²) in [5.41, 5.74) is 8.31. The Balaban J connectivity index is 1.54. The fourth-order valence-corrected chi connectivity index (χ4v) is 4.15. The number of rotatable bonds is 3. The van der Waals surface area contributed by atoms with Crippen LogP contribution >= 0.6 is 22.6 Å². The zero-order valence-corrected chi connectivity index (χ0v) is 16.2. The average Bonchev–Trinajstić information content (AvgIpc) is 2.69. The van der Waals surface area contributed by atoms with Crippen LogP contribution in [0.2, 0.25) is 0 Å². The smallest absolute Gasteiger partial charge is 0.102 e. The molecule has 2 atom stereocenters. The topological polar surface area (TPSA) is 12.9 Å². The fourth-order valence-electron chi connectivity index (χ4n) is 3.53. The maximum atomic E-state index is 4.74. The van der Waals surface area contributed by atoms with Crippen LogP contribution in [0.4, 0.5) is 0 Å². The first kappa shape index (κ1) is 16.6. The van der Waals surface area contributed by atoms with Gasteiger partial charge in [-0.1, -0.05) is 42.5 Å². The van der Waals surface area contributed by atoms with Crippen molar-refractivity contribution in [3.05, 3.63) is 99.2 Å². The van der Waals surface area contributed by atoms with Gasteiger partial charge in [0.05, 0.1) is 5.69 Å². The molecule has 2 heteroatoms. The molecule has 1 nitrogen and oxygen atoms in total. The standard InChI is InChI=1S/C23H20IN/c24-23-16-21(15-22(25-23)20-9-5-2-6-10-20)19-13-11-18(12-14-19)17-7-3-1-4-8-17/h1,3-7,9,11-13,15-17,19H,8,10,14H2/t17-,19-/m0/s1. The predicted octanol–water partition coefficient (Wildman–Crippen LogP) is 6.29. The Morgan fingerprint density at radius 3 is 2.76 bits per heavy atom. The van der Waals surface area contributed by atoms with Gasteiger partial charge in [0.1, 0.15) is 3.70 Å². The molecule has 4 rings (SSSR count). The fraction of sp³-hybridized carbons (Fsp3) is 0.217. The SMILES string of the molecule is Ic1cc([C@H]2C=CC([C@H]3C=CC=CC3)=CC2)cc(C2=CC=C=CC2)n1. The summed E-state index contributed by atoms with van der Waals surface area (Å²) in [4.78, 5) is 4.74. The van der Waals surface area contributed by atoms with Gasteiger partial charge >= 0.3 is 0 Å². The molecule has 0 saturated carbocycles. The highest BCUT2D eigenvalue weighted by molar-refractivity contribution is 14.1. The molecule has 0 radical (unpaired) electrons.